The predicted octanol–water partition coefficient (Wildman–Crippen LogP) is 2.21. The summed E-state index contributed by atoms with van der Waals surface area (Å²) in [4.78, 5) is 50.2. The Hall–Kier alpha value is -3.58. The molecule has 2 amide bonds. The number of thiophene rings is 1. The Morgan fingerprint density at radius 2 is 1.97 bits per heavy atom. The number of carbonyl (C=O) groups is 3. The maximum absolute atomic E-state index is 14.7. The molecule has 37 heavy (non-hydrogen) atoms. The lowest BCUT2D eigenvalue weighted by molar-refractivity contribution is -0.144. The molecule has 3 heterocycles. The van der Waals surface area contributed by atoms with Crippen LogP contribution in [0.15, 0.2) is 59.5 Å². The summed E-state index contributed by atoms with van der Waals surface area (Å²) in [6, 6.07) is 11.2. The van der Waals surface area contributed by atoms with Gasteiger partial charge in [0.1, 0.15) is 12.4 Å². The van der Waals surface area contributed by atoms with Crippen molar-refractivity contribution in [2.24, 2.45) is 0 Å². The molecule has 4 rings (SSSR count). The van der Waals surface area contributed by atoms with Gasteiger partial charge in [-0.15, -0.1) is 11.3 Å². The van der Waals surface area contributed by atoms with Crippen LogP contribution in [-0.2, 0) is 14.3 Å². The molecule has 0 radical (unpaired) electrons. The van der Waals surface area contributed by atoms with Crippen LogP contribution in [0.3, 0.4) is 0 Å². The van der Waals surface area contributed by atoms with Gasteiger partial charge in [-0.3, -0.25) is 23.9 Å². The highest BCUT2D eigenvalue weighted by Crippen LogP contribution is 2.23. The summed E-state index contributed by atoms with van der Waals surface area (Å²) in [5, 5.41) is 14.3. The Kier molecular flexibility index (Phi) is 8.34. The first-order valence-electron chi connectivity index (χ1n) is 11.1. The third kappa shape index (κ3) is 6.80. The third-order valence-corrected chi connectivity index (χ3v) is 6.80. The average molecular weight is 549 g/mol. The first kappa shape index (κ1) is 26.5. The summed E-state index contributed by atoms with van der Waals surface area (Å²) in [7, 11) is 0. The molecule has 1 aromatic carbocycles. The fraction of sp³-hybridized carbons (Fsp3) is 0.250. The maximum Gasteiger partial charge on any atom is 0.329 e. The molecule has 1 aliphatic heterocycles. The van der Waals surface area contributed by atoms with Crippen molar-refractivity contribution in [3.63, 3.8) is 0 Å². The van der Waals surface area contributed by atoms with Crippen LogP contribution >= 0.6 is 22.9 Å². The summed E-state index contributed by atoms with van der Waals surface area (Å²) in [6.45, 7) is -0.330. The summed E-state index contributed by atoms with van der Waals surface area (Å²) < 4.78 is 21.8. The topological polar surface area (TPSA) is 130 Å². The van der Waals surface area contributed by atoms with E-state index in [0.29, 0.717) is 14.9 Å². The van der Waals surface area contributed by atoms with E-state index in [1.54, 1.807) is 29.2 Å². The second-order valence-corrected chi connectivity index (χ2v) is 9.96. The third-order valence-electron chi connectivity index (χ3n) is 5.57. The van der Waals surface area contributed by atoms with E-state index < -0.39 is 42.4 Å². The monoisotopic (exact) mass is 548 g/mol. The Morgan fingerprint density at radius 3 is 2.65 bits per heavy atom. The van der Waals surface area contributed by atoms with Gasteiger partial charge in [0.25, 0.3) is 11.5 Å². The van der Waals surface area contributed by atoms with Crippen LogP contribution in [-0.4, -0.2) is 70.7 Å². The number of ether oxygens (including phenoxy) is 1. The Labute approximate surface area is 219 Å². The molecule has 0 spiro atoms. The van der Waals surface area contributed by atoms with Gasteiger partial charge < -0.3 is 20.5 Å². The molecule has 3 N–H and O–H groups in total. The van der Waals surface area contributed by atoms with E-state index in [1.807, 2.05) is 0 Å². The van der Waals surface area contributed by atoms with Crippen LogP contribution in [0.5, 0.6) is 0 Å². The van der Waals surface area contributed by atoms with Crippen molar-refractivity contribution in [3.05, 3.63) is 80.1 Å². The Morgan fingerprint density at radius 1 is 1.16 bits per heavy atom. The first-order valence-corrected chi connectivity index (χ1v) is 12.3. The van der Waals surface area contributed by atoms with Crippen molar-refractivity contribution < 1.29 is 28.6 Å². The van der Waals surface area contributed by atoms with Crippen LogP contribution in [0.25, 0.3) is 5.69 Å². The van der Waals surface area contributed by atoms with Gasteiger partial charge in [0.15, 0.2) is 0 Å². The van der Waals surface area contributed by atoms with E-state index in [4.69, 9.17) is 21.4 Å². The summed E-state index contributed by atoms with van der Waals surface area (Å²) in [5.41, 5.74) is -0.0732. The zero-order valence-electron chi connectivity index (χ0n) is 19.2. The number of hydrogen-bond acceptors (Lipinski definition) is 7. The van der Waals surface area contributed by atoms with E-state index in [9.17, 15) is 23.6 Å². The number of hydrogen-bond donors (Lipinski definition) is 3. The molecule has 0 bridgehead atoms. The van der Waals surface area contributed by atoms with Crippen molar-refractivity contribution in [3.8, 4) is 5.69 Å². The molecule has 0 saturated carbocycles. The molecule has 10 nitrogen and oxygen atoms in total. The van der Waals surface area contributed by atoms with Crippen LogP contribution < -0.4 is 16.2 Å². The Bertz CT molecular complexity index is 1380. The maximum atomic E-state index is 14.7. The van der Waals surface area contributed by atoms with E-state index in [1.165, 1.54) is 29.0 Å². The minimum absolute atomic E-state index is 0.0602. The lowest BCUT2D eigenvalue weighted by atomic mass is 10.2. The normalized spacial score (nSPS) is 17.5. The Balaban J connectivity index is 1.39. The van der Waals surface area contributed by atoms with Crippen molar-refractivity contribution >= 4 is 46.4 Å². The second-order valence-electron chi connectivity index (χ2n) is 8.24. The van der Waals surface area contributed by atoms with Crippen molar-refractivity contribution in [2.75, 3.05) is 31.6 Å². The van der Waals surface area contributed by atoms with Crippen LogP contribution in [0, 0.1) is 5.82 Å². The van der Waals surface area contributed by atoms with Gasteiger partial charge in [-0.2, -0.15) is 0 Å². The van der Waals surface area contributed by atoms with Gasteiger partial charge in [-0.1, -0.05) is 17.7 Å². The molecule has 2 atom stereocenters. The highest BCUT2D eigenvalue weighted by atomic mass is 35.5. The highest BCUT2D eigenvalue weighted by molar-refractivity contribution is 7.18. The average Bonchev–Trinajstić information content (AvgIpc) is 3.45. The number of carboxylic acids is 1. The van der Waals surface area contributed by atoms with Gasteiger partial charge in [0.05, 0.1) is 39.3 Å². The van der Waals surface area contributed by atoms with Gasteiger partial charge in [0, 0.05) is 31.4 Å². The summed E-state index contributed by atoms with van der Waals surface area (Å²) >= 11 is 6.99. The number of likely N-dealkylation sites (tertiary alicyclic amines) is 1. The number of nitrogens with zero attached hydrogens (tertiary/aromatic N) is 2. The molecule has 0 aliphatic carbocycles. The highest BCUT2D eigenvalue weighted by Gasteiger charge is 2.36. The SMILES string of the molecule is O=C(O)CO[C@H]1CN(CC(=O)Nc2ccc(-n3ccccc3=O)cc2F)C[C@H]1NC(=O)c1ccc(Cl)s1. The van der Waals surface area contributed by atoms with Gasteiger partial charge >= 0.3 is 5.97 Å². The number of pyridine rings is 1. The smallest absolute Gasteiger partial charge is 0.329 e. The standard InChI is InChI=1S/C24H22ClFN4O6S/c25-20-7-6-19(37-20)24(35)28-17-10-29(11-18(17)36-13-23(33)34)12-21(31)27-16-5-4-14(9-15(16)26)30-8-2-1-3-22(30)32/h1-9,17-18H,10-13H2,(H,27,31)(H,28,35)(H,33,34)/t17-,18+/m1/s1. The van der Waals surface area contributed by atoms with E-state index >= 15 is 0 Å². The number of nitrogens with one attached hydrogen (secondary N) is 2. The number of benzene rings is 1. The van der Waals surface area contributed by atoms with Crippen molar-refractivity contribution in [1.82, 2.24) is 14.8 Å². The van der Waals surface area contributed by atoms with Crippen LogP contribution in [0.2, 0.25) is 4.34 Å². The predicted molar refractivity (Wildman–Crippen MR) is 135 cm³/mol. The number of halogens is 2. The number of carbonyl (C=O) groups excluding carboxylic acids is 2. The van der Waals surface area contributed by atoms with Crippen molar-refractivity contribution in [1.29, 1.82) is 0 Å². The fourth-order valence-corrected chi connectivity index (χ4v) is 4.88. The van der Waals surface area contributed by atoms with Crippen LogP contribution in [0.4, 0.5) is 10.1 Å². The molecule has 2 aromatic heterocycles. The van der Waals surface area contributed by atoms with Crippen molar-refractivity contribution in [2.45, 2.75) is 12.1 Å². The number of anilines is 1. The number of aliphatic carboxylic acids is 1. The zero-order chi connectivity index (χ0) is 26.5. The van der Waals surface area contributed by atoms with E-state index in [0.717, 1.165) is 17.4 Å². The number of carboxylic acid groups (broad SMARTS) is 1. The lowest BCUT2D eigenvalue weighted by Crippen LogP contribution is -2.44. The van der Waals surface area contributed by atoms with E-state index in [2.05, 4.69) is 10.6 Å². The molecule has 3 aromatic rings. The first-order chi connectivity index (χ1) is 17.7. The van der Waals surface area contributed by atoms with Crippen LogP contribution in [0.1, 0.15) is 9.67 Å². The summed E-state index contributed by atoms with van der Waals surface area (Å²) in [6.07, 6.45) is 0.830. The molecular weight excluding hydrogens is 527 g/mol. The molecule has 1 fully saturated rings. The molecule has 0 unspecified atom stereocenters. The molecule has 194 valence electrons. The lowest BCUT2D eigenvalue weighted by Gasteiger charge is -2.19. The number of amides is 2. The van der Waals surface area contributed by atoms with E-state index in [-0.39, 0.29) is 30.9 Å². The quantitative estimate of drug-likeness (QED) is 0.374. The largest absolute Gasteiger partial charge is 0.480 e. The molecule has 1 saturated heterocycles. The second kappa shape index (κ2) is 11.6. The molecular formula is C24H22ClFN4O6S. The molecule has 13 heteroatoms. The minimum Gasteiger partial charge on any atom is -0.480 e. The zero-order valence-corrected chi connectivity index (χ0v) is 20.8. The van der Waals surface area contributed by atoms with Gasteiger partial charge in [0.2, 0.25) is 5.91 Å². The number of rotatable bonds is 9. The van der Waals surface area contributed by atoms with Gasteiger partial charge in [-0.25, -0.2) is 9.18 Å². The minimum atomic E-state index is -1.16. The fourth-order valence-electron chi connectivity index (χ4n) is 3.93. The summed E-state index contributed by atoms with van der Waals surface area (Å²) in [5.74, 6) is -2.79. The van der Waals surface area contributed by atoms with Gasteiger partial charge in [-0.05, 0) is 30.3 Å². The molecule has 1 aliphatic rings. The number of aromatic nitrogens is 1.